The first kappa shape index (κ1) is 10.7. The summed E-state index contributed by atoms with van der Waals surface area (Å²) >= 11 is 0. The van der Waals surface area contributed by atoms with Crippen LogP contribution in [0.25, 0.3) is 0 Å². The van der Waals surface area contributed by atoms with Gasteiger partial charge in [0.05, 0.1) is 11.8 Å². The van der Waals surface area contributed by atoms with E-state index in [0.29, 0.717) is 5.92 Å². The maximum atomic E-state index is 9.81. The standard InChI is InChI=1S/C12H20N2O/c1-8-11(9(2)14(3)13-8)6-7-12(15)10-4-5-10/h10,12,15H,4-7H2,1-3H3. The lowest BCUT2D eigenvalue weighted by Gasteiger charge is -2.08. The average molecular weight is 208 g/mol. The molecule has 1 aromatic heterocycles. The minimum atomic E-state index is -0.0935. The van der Waals surface area contributed by atoms with Gasteiger partial charge in [-0.05, 0) is 51.0 Å². The molecular weight excluding hydrogens is 188 g/mol. The molecule has 1 aliphatic carbocycles. The molecule has 1 aliphatic rings. The molecule has 0 radical (unpaired) electrons. The van der Waals surface area contributed by atoms with Gasteiger partial charge in [-0.3, -0.25) is 4.68 Å². The molecule has 1 aromatic rings. The van der Waals surface area contributed by atoms with E-state index in [2.05, 4.69) is 12.0 Å². The van der Waals surface area contributed by atoms with Crippen molar-refractivity contribution in [3.05, 3.63) is 17.0 Å². The van der Waals surface area contributed by atoms with Crippen molar-refractivity contribution in [2.45, 2.75) is 45.6 Å². The molecule has 1 unspecified atom stereocenters. The van der Waals surface area contributed by atoms with Crippen molar-refractivity contribution in [1.29, 1.82) is 0 Å². The van der Waals surface area contributed by atoms with Gasteiger partial charge in [0.15, 0.2) is 0 Å². The molecule has 1 heterocycles. The van der Waals surface area contributed by atoms with Crippen molar-refractivity contribution in [2.24, 2.45) is 13.0 Å². The zero-order valence-corrected chi connectivity index (χ0v) is 9.82. The van der Waals surface area contributed by atoms with Crippen LogP contribution in [0.15, 0.2) is 0 Å². The predicted octanol–water partition coefficient (Wildman–Crippen LogP) is 1.74. The molecule has 84 valence electrons. The monoisotopic (exact) mass is 208 g/mol. The number of aliphatic hydroxyl groups excluding tert-OH is 1. The van der Waals surface area contributed by atoms with Gasteiger partial charge in [0.2, 0.25) is 0 Å². The lowest BCUT2D eigenvalue weighted by Crippen LogP contribution is -2.10. The fourth-order valence-corrected chi connectivity index (χ4v) is 2.19. The fourth-order valence-electron chi connectivity index (χ4n) is 2.19. The number of aromatic nitrogens is 2. The Morgan fingerprint density at radius 3 is 2.60 bits per heavy atom. The van der Waals surface area contributed by atoms with Crippen molar-refractivity contribution < 1.29 is 5.11 Å². The minimum absolute atomic E-state index is 0.0935. The molecule has 3 heteroatoms. The van der Waals surface area contributed by atoms with E-state index in [4.69, 9.17) is 0 Å². The summed E-state index contributed by atoms with van der Waals surface area (Å²) in [5, 5.41) is 14.2. The Bertz CT molecular complexity index is 353. The molecular formula is C12H20N2O. The van der Waals surface area contributed by atoms with Gasteiger partial charge in [0.1, 0.15) is 0 Å². The summed E-state index contributed by atoms with van der Waals surface area (Å²) in [6.07, 6.45) is 4.18. The number of aliphatic hydroxyl groups is 1. The quantitative estimate of drug-likeness (QED) is 0.818. The SMILES string of the molecule is Cc1nn(C)c(C)c1CCC(O)C1CC1. The molecule has 15 heavy (non-hydrogen) atoms. The van der Waals surface area contributed by atoms with Gasteiger partial charge in [-0.15, -0.1) is 0 Å². The van der Waals surface area contributed by atoms with Crippen molar-refractivity contribution in [3.8, 4) is 0 Å². The van der Waals surface area contributed by atoms with Crippen molar-refractivity contribution in [2.75, 3.05) is 0 Å². The molecule has 0 amide bonds. The van der Waals surface area contributed by atoms with Gasteiger partial charge < -0.3 is 5.11 Å². The number of hydrogen-bond donors (Lipinski definition) is 1. The van der Waals surface area contributed by atoms with Crippen molar-refractivity contribution >= 4 is 0 Å². The van der Waals surface area contributed by atoms with E-state index in [1.54, 1.807) is 0 Å². The lowest BCUT2D eigenvalue weighted by atomic mass is 10.0. The van der Waals surface area contributed by atoms with Crippen molar-refractivity contribution in [1.82, 2.24) is 9.78 Å². The molecule has 1 N–H and O–H groups in total. The van der Waals surface area contributed by atoms with Gasteiger partial charge in [-0.1, -0.05) is 0 Å². The summed E-state index contributed by atoms with van der Waals surface area (Å²) in [4.78, 5) is 0. The van der Waals surface area contributed by atoms with E-state index in [-0.39, 0.29) is 6.10 Å². The van der Waals surface area contributed by atoms with Gasteiger partial charge in [0, 0.05) is 12.7 Å². The molecule has 0 spiro atoms. The Balaban J connectivity index is 1.97. The van der Waals surface area contributed by atoms with Crippen LogP contribution in [0.1, 0.15) is 36.2 Å². The average Bonchev–Trinajstić information content (AvgIpc) is 2.96. The van der Waals surface area contributed by atoms with Gasteiger partial charge in [-0.2, -0.15) is 5.10 Å². The molecule has 1 atom stereocenters. The third-order valence-corrected chi connectivity index (χ3v) is 3.52. The molecule has 0 aliphatic heterocycles. The fraction of sp³-hybridized carbons (Fsp3) is 0.750. The second-order valence-electron chi connectivity index (χ2n) is 4.72. The third-order valence-electron chi connectivity index (χ3n) is 3.52. The van der Waals surface area contributed by atoms with E-state index >= 15 is 0 Å². The highest BCUT2D eigenvalue weighted by Crippen LogP contribution is 2.34. The smallest absolute Gasteiger partial charge is 0.0628 e. The highest BCUT2D eigenvalue weighted by atomic mass is 16.3. The minimum Gasteiger partial charge on any atom is -0.393 e. The van der Waals surface area contributed by atoms with Crippen LogP contribution in [0.3, 0.4) is 0 Å². The summed E-state index contributed by atoms with van der Waals surface area (Å²) in [5.41, 5.74) is 3.66. The van der Waals surface area contributed by atoms with Crippen LogP contribution in [0, 0.1) is 19.8 Å². The van der Waals surface area contributed by atoms with E-state index in [1.807, 2.05) is 18.7 Å². The largest absolute Gasteiger partial charge is 0.393 e. The summed E-state index contributed by atoms with van der Waals surface area (Å²) < 4.78 is 1.92. The molecule has 1 saturated carbocycles. The first-order valence-corrected chi connectivity index (χ1v) is 5.76. The number of aryl methyl sites for hydroxylation is 2. The van der Waals surface area contributed by atoms with E-state index in [1.165, 1.54) is 24.1 Å². The Morgan fingerprint density at radius 1 is 1.47 bits per heavy atom. The highest BCUT2D eigenvalue weighted by molar-refractivity contribution is 5.24. The first-order chi connectivity index (χ1) is 7.09. The van der Waals surface area contributed by atoms with Gasteiger partial charge >= 0.3 is 0 Å². The highest BCUT2D eigenvalue weighted by Gasteiger charge is 2.29. The Kier molecular flexibility index (Phi) is 2.83. The predicted molar refractivity (Wildman–Crippen MR) is 59.7 cm³/mol. The molecule has 0 saturated heterocycles. The van der Waals surface area contributed by atoms with Crippen LogP contribution in [-0.4, -0.2) is 21.0 Å². The maximum absolute atomic E-state index is 9.81. The van der Waals surface area contributed by atoms with E-state index in [9.17, 15) is 5.11 Å². The van der Waals surface area contributed by atoms with Crippen LogP contribution in [0.2, 0.25) is 0 Å². The topological polar surface area (TPSA) is 38.0 Å². The lowest BCUT2D eigenvalue weighted by molar-refractivity contribution is 0.142. The third kappa shape index (κ3) is 2.23. The van der Waals surface area contributed by atoms with Gasteiger partial charge in [0.25, 0.3) is 0 Å². The molecule has 2 rings (SSSR count). The Labute approximate surface area is 91.1 Å². The summed E-state index contributed by atoms with van der Waals surface area (Å²) in [5.74, 6) is 0.585. The number of rotatable bonds is 4. The Morgan fingerprint density at radius 2 is 2.13 bits per heavy atom. The van der Waals surface area contributed by atoms with Crippen LogP contribution in [0.5, 0.6) is 0 Å². The van der Waals surface area contributed by atoms with Crippen LogP contribution < -0.4 is 0 Å². The van der Waals surface area contributed by atoms with E-state index in [0.717, 1.165) is 18.5 Å². The molecule has 1 fully saturated rings. The van der Waals surface area contributed by atoms with Crippen LogP contribution in [0.4, 0.5) is 0 Å². The number of nitrogens with zero attached hydrogens (tertiary/aromatic N) is 2. The zero-order chi connectivity index (χ0) is 11.0. The van der Waals surface area contributed by atoms with E-state index < -0.39 is 0 Å². The zero-order valence-electron chi connectivity index (χ0n) is 9.82. The molecule has 0 bridgehead atoms. The number of hydrogen-bond acceptors (Lipinski definition) is 2. The van der Waals surface area contributed by atoms with Crippen molar-refractivity contribution in [3.63, 3.8) is 0 Å². The summed E-state index contributed by atoms with van der Waals surface area (Å²) in [7, 11) is 1.98. The maximum Gasteiger partial charge on any atom is 0.0628 e. The Hall–Kier alpha value is -0.830. The first-order valence-electron chi connectivity index (χ1n) is 5.76. The second-order valence-corrected chi connectivity index (χ2v) is 4.72. The van der Waals surface area contributed by atoms with Gasteiger partial charge in [-0.25, -0.2) is 0 Å². The normalized spacial score (nSPS) is 18.1. The summed E-state index contributed by atoms with van der Waals surface area (Å²) in [6, 6.07) is 0. The van der Waals surface area contributed by atoms with Crippen LogP contribution in [-0.2, 0) is 13.5 Å². The molecule has 0 aromatic carbocycles. The van der Waals surface area contributed by atoms with Crippen LogP contribution >= 0.6 is 0 Å². The second kappa shape index (κ2) is 3.97. The molecule has 3 nitrogen and oxygen atoms in total. The summed E-state index contributed by atoms with van der Waals surface area (Å²) in [6.45, 7) is 4.14.